The zero-order valence-electron chi connectivity index (χ0n) is 22.7. The van der Waals surface area contributed by atoms with Crippen molar-refractivity contribution in [2.24, 2.45) is 0 Å². The number of hydrogen-bond donors (Lipinski definition) is 0. The van der Waals surface area contributed by atoms with Gasteiger partial charge in [-0.3, -0.25) is 0 Å². The quantitative estimate of drug-likeness (QED) is 0.259. The van der Waals surface area contributed by atoms with E-state index in [0.717, 1.165) is 33.8 Å². The van der Waals surface area contributed by atoms with Crippen LogP contribution in [0.5, 0.6) is 29.0 Å². The van der Waals surface area contributed by atoms with Gasteiger partial charge in [-0.2, -0.15) is 5.10 Å². The van der Waals surface area contributed by atoms with E-state index in [-0.39, 0.29) is 12.5 Å². The highest BCUT2D eigenvalue weighted by molar-refractivity contribution is 5.67. The lowest BCUT2D eigenvalue weighted by Gasteiger charge is -2.27. The topological polar surface area (TPSA) is 97.8 Å². The minimum atomic E-state index is -0.328. The van der Waals surface area contributed by atoms with Crippen LogP contribution in [0.4, 0.5) is 0 Å². The number of aromatic nitrogens is 6. The molecule has 1 aliphatic rings. The van der Waals surface area contributed by atoms with Gasteiger partial charge in [-0.25, -0.2) is 19.2 Å². The molecule has 204 valence electrons. The summed E-state index contributed by atoms with van der Waals surface area (Å²) in [6, 6.07) is 25.3. The molecule has 6 aromatic rings. The zero-order valence-corrected chi connectivity index (χ0v) is 22.7. The Bertz CT molecular complexity index is 1880. The summed E-state index contributed by atoms with van der Waals surface area (Å²) < 4.78 is 27.2. The van der Waals surface area contributed by atoms with Crippen molar-refractivity contribution in [1.82, 2.24) is 29.4 Å². The second-order valence-electron chi connectivity index (χ2n) is 9.53. The minimum Gasteiger partial charge on any atom is -0.496 e. The molecule has 1 aliphatic heterocycles. The van der Waals surface area contributed by atoms with Crippen molar-refractivity contribution < 1.29 is 18.9 Å². The number of fused-ring (bicyclic) bond motifs is 4. The Morgan fingerprint density at radius 3 is 2.29 bits per heavy atom. The predicted octanol–water partition coefficient (Wildman–Crippen LogP) is 5.50. The highest BCUT2D eigenvalue weighted by Crippen LogP contribution is 2.51. The first kappa shape index (κ1) is 24.6. The van der Waals surface area contributed by atoms with Crippen molar-refractivity contribution in [2.75, 3.05) is 14.2 Å². The summed E-state index contributed by atoms with van der Waals surface area (Å²) in [5.74, 6) is 3.19. The van der Waals surface area contributed by atoms with Crippen LogP contribution in [0.25, 0.3) is 11.3 Å². The summed E-state index contributed by atoms with van der Waals surface area (Å²) in [7, 11) is 3.28. The van der Waals surface area contributed by atoms with E-state index in [4.69, 9.17) is 29.0 Å². The average molecular weight is 547 g/mol. The van der Waals surface area contributed by atoms with E-state index >= 15 is 0 Å². The van der Waals surface area contributed by atoms with Crippen LogP contribution >= 0.6 is 0 Å². The number of hydrogen-bond acceptors (Lipinski definition) is 8. The summed E-state index contributed by atoms with van der Waals surface area (Å²) in [6.45, 7) is 2.13. The Hall–Kier alpha value is -5.38. The molecule has 4 heterocycles. The van der Waals surface area contributed by atoms with Crippen molar-refractivity contribution >= 4 is 5.65 Å². The first-order valence-electron chi connectivity index (χ1n) is 13.1. The Kier molecular flexibility index (Phi) is 6.00. The van der Waals surface area contributed by atoms with Crippen LogP contribution in [0.1, 0.15) is 34.1 Å². The lowest BCUT2D eigenvalue weighted by atomic mass is 9.84. The molecule has 1 atom stereocenters. The van der Waals surface area contributed by atoms with Crippen LogP contribution in [-0.4, -0.2) is 43.6 Å². The maximum Gasteiger partial charge on any atom is 0.230 e. The fourth-order valence-corrected chi connectivity index (χ4v) is 5.32. The Morgan fingerprint density at radius 1 is 0.805 bits per heavy atom. The minimum absolute atomic E-state index is 0.146. The second kappa shape index (κ2) is 9.98. The molecule has 0 unspecified atom stereocenters. The molecule has 3 aromatic heterocycles. The fraction of sp³-hybridized carbons (Fsp3) is 0.161. The molecule has 0 N–H and O–H groups in total. The zero-order chi connectivity index (χ0) is 27.9. The normalized spacial score (nSPS) is 13.8. The van der Waals surface area contributed by atoms with Crippen LogP contribution in [0.15, 0.2) is 85.2 Å². The van der Waals surface area contributed by atoms with Gasteiger partial charge in [-0.05, 0) is 37.3 Å². The van der Waals surface area contributed by atoms with Gasteiger partial charge in [0.15, 0.2) is 23.0 Å². The number of ether oxygens (including phenoxy) is 4. The van der Waals surface area contributed by atoms with Crippen molar-refractivity contribution in [3.63, 3.8) is 0 Å². The van der Waals surface area contributed by atoms with Gasteiger partial charge in [-0.15, -0.1) is 5.10 Å². The lowest BCUT2D eigenvalue weighted by molar-refractivity contribution is 0.276. The van der Waals surface area contributed by atoms with Gasteiger partial charge in [-0.1, -0.05) is 48.5 Å². The maximum absolute atomic E-state index is 6.51. The van der Waals surface area contributed by atoms with Gasteiger partial charge < -0.3 is 18.9 Å². The summed E-state index contributed by atoms with van der Waals surface area (Å²) >= 11 is 0. The predicted molar refractivity (Wildman–Crippen MR) is 150 cm³/mol. The molecule has 0 amide bonds. The van der Waals surface area contributed by atoms with E-state index in [9.17, 15) is 0 Å². The second-order valence-corrected chi connectivity index (χ2v) is 9.53. The summed E-state index contributed by atoms with van der Waals surface area (Å²) in [5.41, 5.74) is 4.96. The Balaban J connectivity index is 1.39. The van der Waals surface area contributed by atoms with E-state index in [2.05, 4.69) is 10.1 Å². The van der Waals surface area contributed by atoms with Crippen molar-refractivity contribution in [3.05, 3.63) is 113 Å². The van der Waals surface area contributed by atoms with Gasteiger partial charge in [0, 0.05) is 5.56 Å². The van der Waals surface area contributed by atoms with Crippen molar-refractivity contribution in [3.8, 4) is 34.7 Å². The Labute approximate surface area is 235 Å². The van der Waals surface area contributed by atoms with Crippen LogP contribution in [0.2, 0.25) is 0 Å². The molecule has 0 saturated carbocycles. The monoisotopic (exact) mass is 546 g/mol. The molecule has 10 heteroatoms. The summed E-state index contributed by atoms with van der Waals surface area (Å²) in [5, 5.41) is 9.55. The lowest BCUT2D eigenvalue weighted by Crippen LogP contribution is -2.16. The first-order valence-corrected chi connectivity index (χ1v) is 13.1. The third-order valence-corrected chi connectivity index (χ3v) is 7.14. The van der Waals surface area contributed by atoms with E-state index in [1.807, 2.05) is 90.5 Å². The van der Waals surface area contributed by atoms with Gasteiger partial charge in [0.05, 0.1) is 42.6 Å². The van der Waals surface area contributed by atoms with Crippen molar-refractivity contribution in [2.45, 2.75) is 19.4 Å². The van der Waals surface area contributed by atoms with Gasteiger partial charge in [0.25, 0.3) is 0 Å². The summed E-state index contributed by atoms with van der Waals surface area (Å²) in [4.78, 5) is 9.57. The molecule has 3 aromatic carbocycles. The SMILES string of the molecule is COc1ccccc1OCc1nc2c3c(ncn2n1)Oc1c(c(C)nn1-c1ccccc1)[C@@H]3c1ccccc1OC. The van der Waals surface area contributed by atoms with E-state index in [1.165, 1.54) is 0 Å². The summed E-state index contributed by atoms with van der Waals surface area (Å²) in [6.07, 6.45) is 1.61. The van der Waals surface area contributed by atoms with Crippen LogP contribution in [0, 0.1) is 6.92 Å². The van der Waals surface area contributed by atoms with Gasteiger partial charge in [0.2, 0.25) is 11.8 Å². The van der Waals surface area contributed by atoms with Gasteiger partial charge >= 0.3 is 0 Å². The number of aryl methyl sites for hydroxylation is 1. The van der Waals surface area contributed by atoms with E-state index in [1.54, 1.807) is 25.1 Å². The van der Waals surface area contributed by atoms with Gasteiger partial charge in [0.1, 0.15) is 18.7 Å². The molecular weight excluding hydrogens is 520 g/mol. The Morgan fingerprint density at radius 2 is 1.51 bits per heavy atom. The van der Waals surface area contributed by atoms with Crippen molar-refractivity contribution in [1.29, 1.82) is 0 Å². The molecule has 0 fully saturated rings. The van der Waals surface area contributed by atoms with Crippen LogP contribution < -0.4 is 18.9 Å². The smallest absolute Gasteiger partial charge is 0.230 e. The van der Waals surface area contributed by atoms with E-state index in [0.29, 0.717) is 34.7 Å². The molecule has 0 radical (unpaired) electrons. The standard InChI is InChI=1S/C31H26N6O4/c1-19-26-27(21-13-7-8-14-22(21)38-2)28-29-33-25(17-40-24-16-10-9-15-23(24)39-3)35-36(29)18-32-30(28)41-31(26)37(34-19)20-11-5-4-6-12-20/h4-16,18,27H,17H2,1-3H3/t27-/m0/s1. The van der Waals surface area contributed by atoms with Crippen LogP contribution in [-0.2, 0) is 6.61 Å². The third-order valence-electron chi connectivity index (χ3n) is 7.14. The number of nitrogens with zero attached hydrogens (tertiary/aromatic N) is 6. The molecule has 0 aliphatic carbocycles. The molecular formula is C31H26N6O4. The molecule has 41 heavy (non-hydrogen) atoms. The fourth-order valence-electron chi connectivity index (χ4n) is 5.32. The molecule has 10 nitrogen and oxygen atoms in total. The maximum atomic E-state index is 6.51. The average Bonchev–Trinajstić information content (AvgIpc) is 3.60. The molecule has 0 spiro atoms. The molecule has 7 rings (SSSR count). The van der Waals surface area contributed by atoms with Crippen LogP contribution in [0.3, 0.4) is 0 Å². The number of rotatable bonds is 7. The first-order chi connectivity index (χ1) is 20.2. The number of benzene rings is 3. The largest absolute Gasteiger partial charge is 0.496 e. The highest BCUT2D eigenvalue weighted by Gasteiger charge is 2.39. The van der Waals surface area contributed by atoms with E-state index < -0.39 is 0 Å². The number of methoxy groups -OCH3 is 2. The number of para-hydroxylation sites is 4. The molecule has 0 bridgehead atoms. The molecule has 0 saturated heterocycles. The highest BCUT2D eigenvalue weighted by atomic mass is 16.5. The third kappa shape index (κ3) is 4.11.